The molecule has 0 saturated carbocycles. The zero-order valence-corrected chi connectivity index (χ0v) is 14.8. The van der Waals surface area contributed by atoms with Gasteiger partial charge in [0.15, 0.2) is 0 Å². The summed E-state index contributed by atoms with van der Waals surface area (Å²) in [6.07, 6.45) is -0.153. The van der Waals surface area contributed by atoms with E-state index in [1.807, 2.05) is 39.8 Å². The number of nitrogens with zero attached hydrogens (tertiary/aromatic N) is 1. The zero-order valence-electron chi connectivity index (χ0n) is 14.8. The summed E-state index contributed by atoms with van der Waals surface area (Å²) in [5, 5.41) is 2.89. The molecular formula is C18H28N2O3. The molecule has 0 spiro atoms. The summed E-state index contributed by atoms with van der Waals surface area (Å²) >= 11 is 0. The molecule has 1 amide bonds. The number of carbonyl (C=O) groups excluding carboxylic acids is 1. The lowest BCUT2D eigenvalue weighted by atomic mass is 10.1. The van der Waals surface area contributed by atoms with Crippen molar-refractivity contribution in [2.24, 2.45) is 0 Å². The third-order valence-corrected chi connectivity index (χ3v) is 3.71. The summed E-state index contributed by atoms with van der Waals surface area (Å²) < 4.78 is 10.9. The van der Waals surface area contributed by atoms with Gasteiger partial charge >= 0.3 is 6.09 Å². The number of ether oxygens (including phenoxy) is 2. The lowest BCUT2D eigenvalue weighted by molar-refractivity contribution is 0.0508. The van der Waals surface area contributed by atoms with E-state index in [2.05, 4.69) is 29.3 Å². The summed E-state index contributed by atoms with van der Waals surface area (Å²) in [5.41, 5.74) is 1.73. The van der Waals surface area contributed by atoms with Crippen molar-refractivity contribution >= 4 is 11.8 Å². The van der Waals surface area contributed by atoms with Gasteiger partial charge in [-0.15, -0.1) is 0 Å². The molecule has 5 nitrogen and oxygen atoms in total. The summed E-state index contributed by atoms with van der Waals surface area (Å²) in [4.78, 5) is 14.2. The fraction of sp³-hybridized carbons (Fsp3) is 0.611. The predicted octanol–water partition coefficient (Wildman–Crippen LogP) is 3.50. The Morgan fingerprint density at radius 1 is 1.43 bits per heavy atom. The maximum Gasteiger partial charge on any atom is 0.408 e. The van der Waals surface area contributed by atoms with Crippen molar-refractivity contribution < 1.29 is 14.3 Å². The Balaban J connectivity index is 2.02. The number of benzene rings is 1. The van der Waals surface area contributed by atoms with Gasteiger partial charge in [0.05, 0.1) is 18.8 Å². The van der Waals surface area contributed by atoms with Crippen LogP contribution in [0.2, 0.25) is 0 Å². The Bertz CT molecular complexity index is 539. The second kappa shape index (κ2) is 7.21. The number of alkyl carbamates (subject to hydrolysis) is 1. The second-order valence-corrected chi connectivity index (χ2v) is 7.09. The van der Waals surface area contributed by atoms with Gasteiger partial charge in [0.25, 0.3) is 0 Å². The molecule has 0 aliphatic carbocycles. The van der Waals surface area contributed by atoms with Crippen molar-refractivity contribution in [2.45, 2.75) is 52.4 Å². The van der Waals surface area contributed by atoms with Crippen LogP contribution >= 0.6 is 0 Å². The third-order valence-electron chi connectivity index (χ3n) is 3.71. The molecule has 1 unspecified atom stereocenters. The molecular weight excluding hydrogens is 292 g/mol. The SMILES string of the molecule is CC(NC(=O)OC(C)(C)C)c1cccc(N2CCO[C@@H](C)C2)c1. The minimum atomic E-state index is -0.490. The van der Waals surface area contributed by atoms with E-state index >= 15 is 0 Å². The van der Waals surface area contributed by atoms with Crippen LogP contribution in [0.3, 0.4) is 0 Å². The summed E-state index contributed by atoms with van der Waals surface area (Å²) in [6, 6.07) is 8.17. The number of nitrogens with one attached hydrogen (secondary N) is 1. The van der Waals surface area contributed by atoms with Crippen molar-refractivity contribution in [2.75, 3.05) is 24.6 Å². The van der Waals surface area contributed by atoms with Crippen LogP contribution in [0.25, 0.3) is 0 Å². The highest BCUT2D eigenvalue weighted by Gasteiger charge is 2.20. The highest BCUT2D eigenvalue weighted by molar-refractivity contribution is 5.68. The Hall–Kier alpha value is -1.75. The first-order valence-electron chi connectivity index (χ1n) is 8.20. The maximum absolute atomic E-state index is 11.9. The van der Waals surface area contributed by atoms with E-state index in [9.17, 15) is 4.79 Å². The van der Waals surface area contributed by atoms with E-state index in [4.69, 9.17) is 9.47 Å². The third kappa shape index (κ3) is 5.43. The lowest BCUT2D eigenvalue weighted by Gasteiger charge is -2.33. The molecule has 1 aromatic carbocycles. The zero-order chi connectivity index (χ0) is 17.0. The van der Waals surface area contributed by atoms with E-state index < -0.39 is 11.7 Å². The van der Waals surface area contributed by atoms with Gasteiger partial charge in [0.1, 0.15) is 5.60 Å². The Labute approximate surface area is 139 Å². The van der Waals surface area contributed by atoms with Gasteiger partial charge in [-0.05, 0) is 52.3 Å². The predicted molar refractivity (Wildman–Crippen MR) is 91.9 cm³/mol. The topological polar surface area (TPSA) is 50.8 Å². The smallest absolute Gasteiger partial charge is 0.408 e. The monoisotopic (exact) mass is 320 g/mol. The van der Waals surface area contributed by atoms with Crippen molar-refractivity contribution in [1.82, 2.24) is 5.32 Å². The van der Waals surface area contributed by atoms with Crippen molar-refractivity contribution in [1.29, 1.82) is 0 Å². The van der Waals surface area contributed by atoms with E-state index in [1.54, 1.807) is 0 Å². The molecule has 1 aliphatic heterocycles. The van der Waals surface area contributed by atoms with Gasteiger partial charge in [0.2, 0.25) is 0 Å². The second-order valence-electron chi connectivity index (χ2n) is 7.09. The standard InChI is InChI=1S/C18H28N2O3/c1-13-12-20(9-10-22-13)16-8-6-7-15(11-16)14(2)19-17(21)23-18(3,4)5/h6-8,11,13-14H,9-10,12H2,1-5H3,(H,19,21)/t13-,14?/m0/s1. The molecule has 2 atom stereocenters. The fourth-order valence-corrected chi connectivity index (χ4v) is 2.61. The van der Waals surface area contributed by atoms with Gasteiger partial charge < -0.3 is 19.7 Å². The first-order valence-corrected chi connectivity index (χ1v) is 8.20. The number of hydrogen-bond donors (Lipinski definition) is 1. The van der Waals surface area contributed by atoms with Crippen LogP contribution in [0.1, 0.15) is 46.2 Å². The molecule has 1 saturated heterocycles. The Morgan fingerprint density at radius 2 is 2.17 bits per heavy atom. The first-order chi connectivity index (χ1) is 10.7. The van der Waals surface area contributed by atoms with E-state index in [0.717, 1.165) is 30.9 Å². The molecule has 128 valence electrons. The molecule has 2 rings (SSSR count). The Morgan fingerprint density at radius 3 is 2.83 bits per heavy atom. The molecule has 0 radical (unpaired) electrons. The number of carbonyl (C=O) groups is 1. The molecule has 0 bridgehead atoms. The minimum absolute atomic E-state index is 0.108. The van der Waals surface area contributed by atoms with Crippen LogP contribution in [0.5, 0.6) is 0 Å². The first kappa shape index (κ1) is 17.6. The lowest BCUT2D eigenvalue weighted by Crippen LogP contribution is -2.41. The number of morpholine rings is 1. The number of hydrogen-bond acceptors (Lipinski definition) is 4. The molecule has 1 heterocycles. The van der Waals surface area contributed by atoms with Crippen molar-refractivity contribution in [3.05, 3.63) is 29.8 Å². The van der Waals surface area contributed by atoms with Crippen LogP contribution in [0.15, 0.2) is 24.3 Å². The molecule has 23 heavy (non-hydrogen) atoms. The van der Waals surface area contributed by atoms with Gasteiger partial charge in [0, 0.05) is 18.8 Å². The van der Waals surface area contributed by atoms with Gasteiger partial charge in [-0.2, -0.15) is 0 Å². The van der Waals surface area contributed by atoms with Crippen LogP contribution in [0.4, 0.5) is 10.5 Å². The normalized spacial score (nSPS) is 20.0. The molecule has 1 N–H and O–H groups in total. The highest BCUT2D eigenvalue weighted by Crippen LogP contribution is 2.23. The van der Waals surface area contributed by atoms with E-state index in [0.29, 0.717) is 0 Å². The van der Waals surface area contributed by atoms with Gasteiger partial charge in [-0.25, -0.2) is 4.79 Å². The number of amides is 1. The average molecular weight is 320 g/mol. The van der Waals surface area contributed by atoms with Crippen LogP contribution in [0, 0.1) is 0 Å². The maximum atomic E-state index is 11.9. The number of anilines is 1. The van der Waals surface area contributed by atoms with Gasteiger partial charge in [-0.1, -0.05) is 12.1 Å². The quantitative estimate of drug-likeness (QED) is 0.926. The fourth-order valence-electron chi connectivity index (χ4n) is 2.61. The molecule has 1 aliphatic rings. The van der Waals surface area contributed by atoms with Crippen LogP contribution in [-0.2, 0) is 9.47 Å². The number of rotatable bonds is 3. The summed E-state index contributed by atoms with van der Waals surface area (Å²) in [7, 11) is 0. The van der Waals surface area contributed by atoms with Crippen molar-refractivity contribution in [3.8, 4) is 0 Å². The molecule has 1 fully saturated rings. The average Bonchev–Trinajstić information content (AvgIpc) is 2.45. The largest absolute Gasteiger partial charge is 0.444 e. The summed E-state index contributed by atoms with van der Waals surface area (Å²) in [5.74, 6) is 0. The minimum Gasteiger partial charge on any atom is -0.444 e. The van der Waals surface area contributed by atoms with Crippen LogP contribution < -0.4 is 10.2 Å². The highest BCUT2D eigenvalue weighted by atomic mass is 16.6. The van der Waals surface area contributed by atoms with E-state index in [1.165, 1.54) is 0 Å². The molecule has 5 heteroatoms. The molecule has 1 aromatic rings. The van der Waals surface area contributed by atoms with Crippen molar-refractivity contribution in [3.63, 3.8) is 0 Å². The van der Waals surface area contributed by atoms with Crippen LogP contribution in [-0.4, -0.2) is 37.5 Å². The van der Waals surface area contributed by atoms with E-state index in [-0.39, 0.29) is 12.1 Å². The van der Waals surface area contributed by atoms with Gasteiger partial charge in [-0.3, -0.25) is 0 Å². The summed E-state index contributed by atoms with van der Waals surface area (Å²) in [6.45, 7) is 12.1. The Kier molecular flexibility index (Phi) is 5.52. The molecule has 0 aromatic heterocycles.